The van der Waals surface area contributed by atoms with Gasteiger partial charge in [-0.15, -0.1) is 0 Å². The highest BCUT2D eigenvalue weighted by Crippen LogP contribution is 2.05. The lowest BCUT2D eigenvalue weighted by molar-refractivity contribution is -0.144. The zero-order valence-corrected chi connectivity index (χ0v) is 12.6. The topological polar surface area (TPSA) is 90.7 Å². The number of nitrogens with one attached hydrogen (secondary N) is 1. The lowest BCUT2D eigenvalue weighted by atomic mass is 10.2. The Kier molecular flexibility index (Phi) is 10.6. The molecule has 0 spiro atoms. The van der Waals surface area contributed by atoms with E-state index in [2.05, 4.69) is 5.32 Å². The van der Waals surface area contributed by atoms with Crippen molar-refractivity contribution in [2.75, 3.05) is 31.8 Å². The summed E-state index contributed by atoms with van der Waals surface area (Å²) < 4.78 is 9.72. The Morgan fingerprint density at radius 3 is 2.68 bits per heavy atom. The van der Waals surface area contributed by atoms with Gasteiger partial charge in [-0.2, -0.15) is 11.8 Å². The first-order valence-electron chi connectivity index (χ1n) is 6.29. The quantitative estimate of drug-likeness (QED) is 0.440. The summed E-state index contributed by atoms with van der Waals surface area (Å²) in [6, 6.07) is -0.609. The van der Waals surface area contributed by atoms with E-state index < -0.39 is 6.04 Å². The van der Waals surface area contributed by atoms with E-state index in [0.29, 0.717) is 31.1 Å². The number of carbonyl (C=O) groups is 2. The van der Waals surface area contributed by atoms with Gasteiger partial charge >= 0.3 is 5.97 Å². The van der Waals surface area contributed by atoms with Gasteiger partial charge in [0.15, 0.2) is 0 Å². The Balaban J connectivity index is 3.63. The number of rotatable bonds is 10. The number of ether oxygens (including phenoxy) is 2. The van der Waals surface area contributed by atoms with Crippen LogP contribution < -0.4 is 11.1 Å². The van der Waals surface area contributed by atoms with Crippen molar-refractivity contribution in [3.63, 3.8) is 0 Å². The Morgan fingerprint density at radius 2 is 2.11 bits per heavy atom. The highest BCUT2D eigenvalue weighted by molar-refractivity contribution is 7.99. The fraction of sp³-hybridized carbons (Fsp3) is 0.833. The van der Waals surface area contributed by atoms with Crippen LogP contribution in [0.3, 0.4) is 0 Å². The van der Waals surface area contributed by atoms with Crippen LogP contribution >= 0.6 is 11.8 Å². The molecule has 3 N–H and O–H groups in total. The van der Waals surface area contributed by atoms with Crippen molar-refractivity contribution >= 4 is 23.6 Å². The van der Waals surface area contributed by atoms with Crippen molar-refractivity contribution < 1.29 is 19.1 Å². The number of carbonyl (C=O) groups excluding carboxylic acids is 2. The lowest BCUT2D eigenvalue weighted by Gasteiger charge is -2.13. The molecule has 0 heterocycles. The fourth-order valence-corrected chi connectivity index (χ4v) is 2.18. The zero-order valence-electron chi connectivity index (χ0n) is 11.8. The first-order valence-corrected chi connectivity index (χ1v) is 7.45. The van der Waals surface area contributed by atoms with Crippen molar-refractivity contribution in [3.05, 3.63) is 0 Å². The normalized spacial score (nSPS) is 13.7. The van der Waals surface area contributed by atoms with E-state index in [1.807, 2.05) is 6.92 Å². The monoisotopic (exact) mass is 292 g/mol. The van der Waals surface area contributed by atoms with Gasteiger partial charge in [-0.1, -0.05) is 0 Å². The molecule has 6 nitrogen and oxygen atoms in total. The Hall–Kier alpha value is -0.790. The van der Waals surface area contributed by atoms with Gasteiger partial charge in [0.1, 0.15) is 6.04 Å². The molecule has 0 saturated carbocycles. The van der Waals surface area contributed by atoms with E-state index in [1.165, 1.54) is 11.8 Å². The molecule has 0 aromatic rings. The number of hydrogen-bond donors (Lipinski definition) is 2. The van der Waals surface area contributed by atoms with Crippen LogP contribution in [0.2, 0.25) is 0 Å². The minimum Gasteiger partial charge on any atom is -0.465 e. The maximum absolute atomic E-state index is 11.5. The van der Waals surface area contributed by atoms with E-state index in [0.717, 1.165) is 0 Å². The van der Waals surface area contributed by atoms with E-state index in [4.69, 9.17) is 15.2 Å². The molecule has 19 heavy (non-hydrogen) atoms. The minimum absolute atomic E-state index is 0.000103. The molecule has 2 unspecified atom stereocenters. The summed E-state index contributed by atoms with van der Waals surface area (Å²) in [4.78, 5) is 22.7. The lowest BCUT2D eigenvalue weighted by Crippen LogP contribution is -2.37. The summed E-state index contributed by atoms with van der Waals surface area (Å²) in [7, 11) is 1.59. The first kappa shape index (κ1) is 18.2. The van der Waals surface area contributed by atoms with Crippen LogP contribution in [0, 0.1) is 0 Å². The average Bonchev–Trinajstić information content (AvgIpc) is 2.34. The van der Waals surface area contributed by atoms with Crippen LogP contribution in [0.1, 0.15) is 20.3 Å². The van der Waals surface area contributed by atoms with E-state index in [1.54, 1.807) is 14.0 Å². The number of nitrogens with two attached hydrogens (primary N) is 1. The second-order valence-electron chi connectivity index (χ2n) is 4.12. The molecule has 7 heteroatoms. The smallest absolute Gasteiger partial charge is 0.322 e. The van der Waals surface area contributed by atoms with Crippen LogP contribution in [0.4, 0.5) is 0 Å². The largest absolute Gasteiger partial charge is 0.465 e. The van der Waals surface area contributed by atoms with Crippen LogP contribution in [0.5, 0.6) is 0 Å². The number of esters is 1. The van der Waals surface area contributed by atoms with E-state index in [9.17, 15) is 9.59 Å². The van der Waals surface area contributed by atoms with Crippen molar-refractivity contribution in [2.24, 2.45) is 5.73 Å². The molecule has 0 aromatic carbocycles. The summed E-state index contributed by atoms with van der Waals surface area (Å²) in [5.41, 5.74) is 5.64. The van der Waals surface area contributed by atoms with Crippen LogP contribution in [-0.2, 0) is 19.1 Å². The molecule has 0 rings (SSSR count). The molecule has 0 aliphatic heterocycles. The van der Waals surface area contributed by atoms with Gasteiger partial charge in [-0.3, -0.25) is 9.59 Å². The molecule has 0 fully saturated rings. The average molecular weight is 292 g/mol. The molecular formula is C12H24N2O4S. The highest BCUT2D eigenvalue weighted by atomic mass is 32.2. The van der Waals surface area contributed by atoms with Crippen LogP contribution in [0.25, 0.3) is 0 Å². The van der Waals surface area contributed by atoms with Gasteiger partial charge in [0.05, 0.1) is 19.0 Å². The van der Waals surface area contributed by atoms with E-state index >= 15 is 0 Å². The Morgan fingerprint density at radius 1 is 1.42 bits per heavy atom. The SMILES string of the molecule is CCOC(=O)C(N)CCSCC(=O)NC(C)COC. The summed E-state index contributed by atoms with van der Waals surface area (Å²) in [6.07, 6.45) is 0.504. The number of hydrogen-bond acceptors (Lipinski definition) is 6. The number of amides is 1. The van der Waals surface area contributed by atoms with Crippen molar-refractivity contribution in [3.8, 4) is 0 Å². The summed E-state index contributed by atoms with van der Waals surface area (Å²) in [5, 5.41) is 2.80. The maximum atomic E-state index is 11.5. The van der Waals surface area contributed by atoms with Gasteiger partial charge in [0.2, 0.25) is 5.91 Å². The third-order valence-electron chi connectivity index (χ3n) is 2.22. The molecular weight excluding hydrogens is 268 g/mol. The third-order valence-corrected chi connectivity index (χ3v) is 3.21. The minimum atomic E-state index is -0.608. The molecule has 1 amide bonds. The Bertz CT molecular complexity index is 276. The molecule has 112 valence electrons. The molecule has 0 radical (unpaired) electrons. The molecule has 2 atom stereocenters. The van der Waals surface area contributed by atoms with Gasteiger partial charge in [0, 0.05) is 13.2 Å². The van der Waals surface area contributed by atoms with Gasteiger partial charge < -0.3 is 20.5 Å². The number of thioether (sulfide) groups is 1. The van der Waals surface area contributed by atoms with E-state index in [-0.39, 0.29) is 17.9 Å². The molecule has 0 aromatic heterocycles. The van der Waals surface area contributed by atoms with Crippen molar-refractivity contribution in [1.29, 1.82) is 0 Å². The summed E-state index contributed by atoms with van der Waals surface area (Å²) >= 11 is 1.44. The van der Waals surface area contributed by atoms with Crippen molar-refractivity contribution in [2.45, 2.75) is 32.4 Å². The predicted octanol–water partition coefficient (Wildman–Crippen LogP) is 0.151. The fourth-order valence-electron chi connectivity index (χ4n) is 1.35. The van der Waals surface area contributed by atoms with Gasteiger partial charge in [-0.25, -0.2) is 0 Å². The maximum Gasteiger partial charge on any atom is 0.322 e. The third kappa shape index (κ3) is 9.75. The Labute approximate surface area is 118 Å². The standard InChI is InChI=1S/C12H24N2O4S/c1-4-18-12(16)10(13)5-6-19-8-11(15)14-9(2)7-17-3/h9-10H,4-8,13H2,1-3H3,(H,14,15). The summed E-state index contributed by atoms with van der Waals surface area (Å²) in [5.74, 6) is 0.566. The zero-order chi connectivity index (χ0) is 14.7. The van der Waals surface area contributed by atoms with Crippen LogP contribution in [-0.4, -0.2) is 55.8 Å². The van der Waals surface area contributed by atoms with Gasteiger partial charge in [0.25, 0.3) is 0 Å². The molecule has 0 aliphatic rings. The first-order chi connectivity index (χ1) is 9.01. The highest BCUT2D eigenvalue weighted by Gasteiger charge is 2.14. The second-order valence-corrected chi connectivity index (χ2v) is 5.23. The molecule has 0 saturated heterocycles. The van der Waals surface area contributed by atoms with Crippen molar-refractivity contribution in [1.82, 2.24) is 5.32 Å². The van der Waals surface area contributed by atoms with Gasteiger partial charge in [-0.05, 0) is 26.0 Å². The molecule has 0 aliphatic carbocycles. The molecule has 0 bridgehead atoms. The van der Waals surface area contributed by atoms with Crippen LogP contribution in [0.15, 0.2) is 0 Å². The summed E-state index contributed by atoms with van der Waals surface area (Å²) in [6.45, 7) is 4.44. The second kappa shape index (κ2) is 11.1. The predicted molar refractivity (Wildman–Crippen MR) is 76.0 cm³/mol. The number of methoxy groups -OCH3 is 1.